The highest BCUT2D eigenvalue weighted by Crippen LogP contribution is 2.43. The van der Waals surface area contributed by atoms with Crippen LogP contribution >= 0.6 is 0 Å². The van der Waals surface area contributed by atoms with Crippen molar-refractivity contribution in [3.8, 4) is 0 Å². The minimum absolute atomic E-state index is 0.0641. The average molecular weight is 290 g/mol. The summed E-state index contributed by atoms with van der Waals surface area (Å²) in [6, 6.07) is 6.15. The number of amides is 2. The number of carbonyl (C=O) groups excluding carboxylic acids is 2. The molecule has 2 amide bonds. The summed E-state index contributed by atoms with van der Waals surface area (Å²) in [6.45, 7) is 0.332. The Kier molecular flexibility index (Phi) is 4.26. The standard InChI is InChI=1S/C15H18N2O4/c16-13(20)10-3-1-4-11(7-10)14(21)17-9-15(5-2-6-15)8-12(18)19/h1,3-4,7H,2,5-6,8-9H2,(H2,16,20)(H,17,21)(H,18,19). The van der Waals surface area contributed by atoms with Crippen LogP contribution in [0, 0.1) is 5.41 Å². The van der Waals surface area contributed by atoms with Crippen LogP contribution in [0.1, 0.15) is 46.4 Å². The van der Waals surface area contributed by atoms with Crippen molar-refractivity contribution in [2.24, 2.45) is 11.1 Å². The van der Waals surface area contributed by atoms with E-state index in [0.29, 0.717) is 12.1 Å². The van der Waals surface area contributed by atoms with Gasteiger partial charge in [0.15, 0.2) is 0 Å². The lowest BCUT2D eigenvalue weighted by atomic mass is 9.66. The first-order valence-electron chi connectivity index (χ1n) is 6.82. The van der Waals surface area contributed by atoms with E-state index in [1.165, 1.54) is 12.1 Å². The number of hydrogen-bond donors (Lipinski definition) is 3. The SMILES string of the molecule is NC(=O)c1cccc(C(=O)NCC2(CC(=O)O)CCC2)c1. The van der Waals surface area contributed by atoms with Crippen LogP contribution in [0.2, 0.25) is 0 Å². The van der Waals surface area contributed by atoms with E-state index in [4.69, 9.17) is 10.8 Å². The van der Waals surface area contributed by atoms with Gasteiger partial charge in [-0.2, -0.15) is 0 Å². The third-order valence-corrected chi connectivity index (χ3v) is 3.97. The lowest BCUT2D eigenvalue weighted by Crippen LogP contribution is -2.43. The maximum absolute atomic E-state index is 12.1. The molecule has 1 aliphatic carbocycles. The Balaban J connectivity index is 2.00. The summed E-state index contributed by atoms with van der Waals surface area (Å²) in [7, 11) is 0. The van der Waals surface area contributed by atoms with Crippen molar-refractivity contribution in [2.45, 2.75) is 25.7 Å². The third-order valence-electron chi connectivity index (χ3n) is 3.97. The molecule has 112 valence electrons. The molecule has 21 heavy (non-hydrogen) atoms. The lowest BCUT2D eigenvalue weighted by Gasteiger charge is -2.40. The van der Waals surface area contributed by atoms with E-state index in [1.54, 1.807) is 12.1 Å². The van der Waals surface area contributed by atoms with E-state index < -0.39 is 11.9 Å². The molecular formula is C15H18N2O4. The van der Waals surface area contributed by atoms with Gasteiger partial charge in [-0.1, -0.05) is 12.5 Å². The molecule has 2 rings (SSSR count). The highest BCUT2D eigenvalue weighted by Gasteiger charge is 2.39. The molecule has 1 aliphatic rings. The van der Waals surface area contributed by atoms with Crippen molar-refractivity contribution in [3.05, 3.63) is 35.4 Å². The number of carboxylic acid groups (broad SMARTS) is 1. The summed E-state index contributed by atoms with van der Waals surface area (Å²) >= 11 is 0. The second kappa shape index (κ2) is 5.95. The zero-order chi connectivity index (χ0) is 15.5. The zero-order valence-corrected chi connectivity index (χ0v) is 11.6. The number of primary amides is 1. The van der Waals surface area contributed by atoms with E-state index in [9.17, 15) is 14.4 Å². The van der Waals surface area contributed by atoms with E-state index in [-0.39, 0.29) is 23.3 Å². The molecule has 0 bridgehead atoms. The highest BCUT2D eigenvalue weighted by atomic mass is 16.4. The van der Waals surface area contributed by atoms with Gasteiger partial charge in [-0.25, -0.2) is 0 Å². The number of nitrogens with one attached hydrogen (secondary N) is 1. The lowest BCUT2D eigenvalue weighted by molar-refractivity contribution is -0.141. The molecule has 0 radical (unpaired) electrons. The van der Waals surface area contributed by atoms with Gasteiger partial charge in [0.2, 0.25) is 5.91 Å². The fourth-order valence-corrected chi connectivity index (χ4v) is 2.60. The fourth-order valence-electron chi connectivity index (χ4n) is 2.60. The first-order chi connectivity index (χ1) is 9.92. The Morgan fingerprint density at radius 2 is 1.90 bits per heavy atom. The van der Waals surface area contributed by atoms with Crippen molar-refractivity contribution in [2.75, 3.05) is 6.54 Å². The van der Waals surface area contributed by atoms with Crippen LogP contribution in [0.25, 0.3) is 0 Å². The normalized spacial score (nSPS) is 15.8. The molecule has 1 saturated carbocycles. The smallest absolute Gasteiger partial charge is 0.303 e. The Hall–Kier alpha value is -2.37. The molecule has 6 nitrogen and oxygen atoms in total. The van der Waals surface area contributed by atoms with Gasteiger partial charge < -0.3 is 16.2 Å². The molecule has 0 unspecified atom stereocenters. The van der Waals surface area contributed by atoms with Crippen LogP contribution in [0.15, 0.2) is 24.3 Å². The van der Waals surface area contributed by atoms with Gasteiger partial charge in [-0.05, 0) is 36.5 Å². The second-order valence-corrected chi connectivity index (χ2v) is 5.55. The summed E-state index contributed by atoms with van der Waals surface area (Å²) in [5.74, 6) is -1.76. The average Bonchev–Trinajstić information content (AvgIpc) is 2.41. The van der Waals surface area contributed by atoms with E-state index >= 15 is 0 Å². The maximum Gasteiger partial charge on any atom is 0.303 e. The van der Waals surface area contributed by atoms with Crippen molar-refractivity contribution < 1.29 is 19.5 Å². The molecular weight excluding hydrogens is 272 g/mol. The van der Waals surface area contributed by atoms with Crippen molar-refractivity contribution in [3.63, 3.8) is 0 Å². The Labute approximate surface area is 122 Å². The predicted molar refractivity (Wildman–Crippen MR) is 75.8 cm³/mol. The van der Waals surface area contributed by atoms with Crippen LogP contribution < -0.4 is 11.1 Å². The molecule has 0 heterocycles. The Morgan fingerprint density at radius 3 is 2.43 bits per heavy atom. The van der Waals surface area contributed by atoms with Crippen LogP contribution in [-0.4, -0.2) is 29.4 Å². The van der Waals surface area contributed by atoms with Crippen molar-refractivity contribution in [1.82, 2.24) is 5.32 Å². The van der Waals surface area contributed by atoms with E-state index in [2.05, 4.69) is 5.32 Å². The van der Waals surface area contributed by atoms with Crippen molar-refractivity contribution >= 4 is 17.8 Å². The molecule has 6 heteroatoms. The van der Waals surface area contributed by atoms with Gasteiger partial charge >= 0.3 is 5.97 Å². The maximum atomic E-state index is 12.1. The number of rotatable bonds is 6. The van der Waals surface area contributed by atoms with Gasteiger partial charge in [0.25, 0.3) is 5.91 Å². The molecule has 0 aliphatic heterocycles. The molecule has 0 atom stereocenters. The second-order valence-electron chi connectivity index (χ2n) is 5.55. The summed E-state index contributed by atoms with van der Waals surface area (Å²) in [5, 5.41) is 11.7. The van der Waals surface area contributed by atoms with Crippen molar-refractivity contribution in [1.29, 1.82) is 0 Å². The van der Waals surface area contributed by atoms with Gasteiger partial charge in [-0.15, -0.1) is 0 Å². The number of carbonyl (C=O) groups is 3. The van der Waals surface area contributed by atoms with Gasteiger partial charge in [-0.3, -0.25) is 14.4 Å². The van der Waals surface area contributed by atoms with E-state index in [0.717, 1.165) is 19.3 Å². The minimum atomic E-state index is -0.848. The summed E-state index contributed by atoms with van der Waals surface area (Å²) in [5.41, 5.74) is 5.46. The number of aliphatic carboxylic acids is 1. The number of benzene rings is 1. The van der Waals surface area contributed by atoms with E-state index in [1.807, 2.05) is 0 Å². The minimum Gasteiger partial charge on any atom is -0.481 e. The number of carboxylic acids is 1. The number of hydrogen-bond acceptors (Lipinski definition) is 3. The molecule has 1 fully saturated rings. The van der Waals surface area contributed by atoms with Gasteiger partial charge in [0, 0.05) is 17.7 Å². The first-order valence-corrected chi connectivity index (χ1v) is 6.82. The van der Waals surface area contributed by atoms with Gasteiger partial charge in [0.05, 0.1) is 6.42 Å². The molecule has 1 aromatic carbocycles. The van der Waals surface area contributed by atoms with Crippen LogP contribution in [0.5, 0.6) is 0 Å². The summed E-state index contributed by atoms with van der Waals surface area (Å²) in [6.07, 6.45) is 2.66. The monoisotopic (exact) mass is 290 g/mol. The summed E-state index contributed by atoms with van der Waals surface area (Å²) in [4.78, 5) is 34.1. The van der Waals surface area contributed by atoms with Crippen LogP contribution in [0.3, 0.4) is 0 Å². The molecule has 4 N–H and O–H groups in total. The molecule has 0 aromatic heterocycles. The Bertz CT molecular complexity index is 579. The number of nitrogens with two attached hydrogens (primary N) is 1. The molecule has 0 saturated heterocycles. The largest absolute Gasteiger partial charge is 0.481 e. The Morgan fingerprint density at radius 1 is 1.24 bits per heavy atom. The topological polar surface area (TPSA) is 109 Å². The van der Waals surface area contributed by atoms with Crippen LogP contribution in [0.4, 0.5) is 0 Å². The quantitative estimate of drug-likeness (QED) is 0.730. The first kappa shape index (κ1) is 15.0. The van der Waals surface area contributed by atoms with Gasteiger partial charge in [0.1, 0.15) is 0 Å². The summed E-state index contributed by atoms with van der Waals surface area (Å²) < 4.78 is 0. The zero-order valence-electron chi connectivity index (χ0n) is 11.6. The van der Waals surface area contributed by atoms with Crippen LogP contribution in [-0.2, 0) is 4.79 Å². The molecule has 1 aromatic rings. The highest BCUT2D eigenvalue weighted by molar-refractivity contribution is 5.99. The predicted octanol–water partition coefficient (Wildman–Crippen LogP) is 1.16. The fraction of sp³-hybridized carbons (Fsp3) is 0.400. The molecule has 0 spiro atoms. The third kappa shape index (κ3) is 3.59.